The summed E-state index contributed by atoms with van der Waals surface area (Å²) in [6.07, 6.45) is 0. The second kappa shape index (κ2) is 6.31. The molecule has 0 aliphatic rings. The van der Waals surface area contributed by atoms with Crippen LogP contribution in [-0.2, 0) is 0 Å². The molecule has 0 fully saturated rings. The van der Waals surface area contributed by atoms with E-state index >= 15 is 0 Å². The molecule has 0 unspecified atom stereocenters. The SMILES string of the molecule is Cc1ccc(-n2nnc(-c3nc(-c4ccccc4)cs3)c2N)cc1Cl. The maximum Gasteiger partial charge on any atom is 0.165 e. The van der Waals surface area contributed by atoms with Gasteiger partial charge < -0.3 is 5.73 Å². The molecule has 25 heavy (non-hydrogen) atoms. The number of nitrogens with zero attached hydrogens (tertiary/aromatic N) is 4. The Morgan fingerprint density at radius 1 is 1.12 bits per heavy atom. The molecule has 5 nitrogen and oxygen atoms in total. The van der Waals surface area contributed by atoms with Crippen molar-refractivity contribution < 1.29 is 0 Å². The average molecular weight is 368 g/mol. The number of halogens is 1. The average Bonchev–Trinajstić information content (AvgIpc) is 3.25. The molecular formula is C18H14ClN5S. The number of thiazole rings is 1. The largest absolute Gasteiger partial charge is 0.382 e. The molecule has 0 atom stereocenters. The first-order valence-corrected chi connectivity index (χ1v) is 8.88. The number of anilines is 1. The predicted octanol–water partition coefficient (Wildman–Crippen LogP) is 4.60. The standard InChI is InChI=1S/C18H14ClN5S/c1-11-7-8-13(9-14(11)19)24-17(20)16(22-23-24)18-21-15(10-25-18)12-5-3-2-4-6-12/h2-10H,20H2,1H3. The number of aryl methyl sites for hydroxylation is 1. The summed E-state index contributed by atoms with van der Waals surface area (Å²) in [6, 6.07) is 15.7. The van der Waals surface area contributed by atoms with Crippen molar-refractivity contribution in [2.45, 2.75) is 6.92 Å². The number of aromatic nitrogens is 4. The molecule has 0 spiro atoms. The summed E-state index contributed by atoms with van der Waals surface area (Å²) in [5.74, 6) is 0.439. The number of rotatable bonds is 3. The highest BCUT2D eigenvalue weighted by atomic mass is 35.5. The smallest absolute Gasteiger partial charge is 0.165 e. The summed E-state index contributed by atoms with van der Waals surface area (Å²) in [4.78, 5) is 4.65. The Balaban J connectivity index is 1.72. The van der Waals surface area contributed by atoms with E-state index in [2.05, 4.69) is 15.3 Å². The van der Waals surface area contributed by atoms with Gasteiger partial charge in [0.15, 0.2) is 11.5 Å². The highest BCUT2D eigenvalue weighted by Gasteiger charge is 2.17. The zero-order valence-electron chi connectivity index (χ0n) is 13.3. The van der Waals surface area contributed by atoms with Gasteiger partial charge in [-0.25, -0.2) is 4.98 Å². The van der Waals surface area contributed by atoms with Gasteiger partial charge in [-0.15, -0.1) is 16.4 Å². The van der Waals surface area contributed by atoms with Gasteiger partial charge in [-0.2, -0.15) is 4.68 Å². The Hall–Kier alpha value is -2.70. The van der Waals surface area contributed by atoms with Gasteiger partial charge in [0.2, 0.25) is 0 Å². The highest BCUT2D eigenvalue weighted by Crippen LogP contribution is 2.32. The Morgan fingerprint density at radius 3 is 2.68 bits per heavy atom. The first kappa shape index (κ1) is 15.8. The molecule has 0 amide bonds. The van der Waals surface area contributed by atoms with Crippen LogP contribution in [0.4, 0.5) is 5.82 Å². The summed E-state index contributed by atoms with van der Waals surface area (Å²) in [5.41, 5.74) is 10.6. The van der Waals surface area contributed by atoms with Gasteiger partial charge in [-0.05, 0) is 24.6 Å². The molecule has 124 valence electrons. The zero-order valence-corrected chi connectivity index (χ0v) is 14.9. The quantitative estimate of drug-likeness (QED) is 0.574. The van der Waals surface area contributed by atoms with Crippen molar-refractivity contribution in [2.75, 3.05) is 5.73 Å². The van der Waals surface area contributed by atoms with Crippen LogP contribution in [0, 0.1) is 6.92 Å². The maximum absolute atomic E-state index is 6.26. The fourth-order valence-electron chi connectivity index (χ4n) is 2.47. The van der Waals surface area contributed by atoms with Gasteiger partial charge in [-0.1, -0.05) is 53.2 Å². The van der Waals surface area contributed by atoms with Gasteiger partial charge in [0.05, 0.1) is 11.4 Å². The molecule has 0 saturated carbocycles. The molecule has 2 N–H and O–H groups in total. The fourth-order valence-corrected chi connectivity index (χ4v) is 3.46. The van der Waals surface area contributed by atoms with Gasteiger partial charge in [-0.3, -0.25) is 0 Å². The van der Waals surface area contributed by atoms with Crippen molar-refractivity contribution in [1.82, 2.24) is 20.0 Å². The Morgan fingerprint density at radius 2 is 1.92 bits per heavy atom. The van der Waals surface area contributed by atoms with E-state index < -0.39 is 0 Å². The molecule has 2 aromatic carbocycles. The number of nitrogens with two attached hydrogens (primary N) is 1. The predicted molar refractivity (Wildman–Crippen MR) is 102 cm³/mol. The summed E-state index contributed by atoms with van der Waals surface area (Å²) < 4.78 is 1.57. The third-order valence-corrected chi connectivity index (χ3v) is 5.14. The monoisotopic (exact) mass is 367 g/mol. The Kier molecular flexibility index (Phi) is 3.99. The third-order valence-electron chi connectivity index (χ3n) is 3.88. The number of hydrogen-bond donors (Lipinski definition) is 1. The van der Waals surface area contributed by atoms with E-state index in [0.717, 1.165) is 27.5 Å². The maximum atomic E-state index is 6.26. The lowest BCUT2D eigenvalue weighted by atomic mass is 10.2. The van der Waals surface area contributed by atoms with E-state index in [0.29, 0.717) is 16.5 Å². The highest BCUT2D eigenvalue weighted by molar-refractivity contribution is 7.13. The molecule has 2 aromatic heterocycles. The number of hydrogen-bond acceptors (Lipinski definition) is 5. The third kappa shape index (κ3) is 2.90. The van der Waals surface area contributed by atoms with E-state index in [1.165, 1.54) is 11.3 Å². The van der Waals surface area contributed by atoms with E-state index in [4.69, 9.17) is 17.3 Å². The molecule has 0 aliphatic heterocycles. The van der Waals surface area contributed by atoms with Crippen molar-refractivity contribution >= 4 is 28.8 Å². The van der Waals surface area contributed by atoms with E-state index in [1.54, 1.807) is 4.68 Å². The van der Waals surface area contributed by atoms with Crippen LogP contribution in [0.1, 0.15) is 5.56 Å². The Labute approximate surface area is 153 Å². The lowest BCUT2D eigenvalue weighted by Gasteiger charge is -2.05. The first-order chi connectivity index (χ1) is 12.1. The minimum absolute atomic E-state index is 0.439. The second-order valence-corrected chi connectivity index (χ2v) is 6.84. The number of benzene rings is 2. The summed E-state index contributed by atoms with van der Waals surface area (Å²) >= 11 is 7.69. The van der Waals surface area contributed by atoms with Crippen LogP contribution >= 0.6 is 22.9 Å². The molecule has 0 aliphatic carbocycles. The van der Waals surface area contributed by atoms with Crippen molar-refractivity contribution in [1.29, 1.82) is 0 Å². The van der Waals surface area contributed by atoms with Crippen LogP contribution < -0.4 is 5.73 Å². The molecular weight excluding hydrogens is 354 g/mol. The van der Waals surface area contributed by atoms with E-state index in [9.17, 15) is 0 Å². The van der Waals surface area contributed by atoms with Gasteiger partial charge in [0, 0.05) is 16.0 Å². The normalized spacial score (nSPS) is 11.0. The van der Waals surface area contributed by atoms with Crippen LogP contribution in [0.15, 0.2) is 53.9 Å². The van der Waals surface area contributed by atoms with Crippen molar-refractivity contribution in [2.24, 2.45) is 0 Å². The van der Waals surface area contributed by atoms with Crippen LogP contribution in [0.5, 0.6) is 0 Å². The molecule has 2 heterocycles. The van der Waals surface area contributed by atoms with Crippen LogP contribution in [0.3, 0.4) is 0 Å². The van der Waals surface area contributed by atoms with Crippen molar-refractivity contribution in [3.63, 3.8) is 0 Å². The summed E-state index contributed by atoms with van der Waals surface area (Å²) in [6.45, 7) is 1.95. The number of nitrogen functional groups attached to an aromatic ring is 1. The van der Waals surface area contributed by atoms with Gasteiger partial charge >= 0.3 is 0 Å². The zero-order chi connectivity index (χ0) is 17.4. The molecule has 4 rings (SSSR count). The van der Waals surface area contributed by atoms with Crippen molar-refractivity contribution in [3.8, 4) is 27.6 Å². The molecule has 4 aromatic rings. The molecule has 0 radical (unpaired) electrons. The summed E-state index contributed by atoms with van der Waals surface area (Å²) in [5, 5.41) is 11.8. The van der Waals surface area contributed by atoms with Crippen LogP contribution in [-0.4, -0.2) is 20.0 Å². The van der Waals surface area contributed by atoms with E-state index in [-0.39, 0.29) is 0 Å². The molecule has 0 bridgehead atoms. The minimum atomic E-state index is 0.439. The Bertz CT molecular complexity index is 1040. The molecule has 7 heteroatoms. The summed E-state index contributed by atoms with van der Waals surface area (Å²) in [7, 11) is 0. The van der Waals surface area contributed by atoms with Gasteiger partial charge in [0.1, 0.15) is 5.01 Å². The second-order valence-electron chi connectivity index (χ2n) is 5.57. The van der Waals surface area contributed by atoms with Crippen LogP contribution in [0.25, 0.3) is 27.6 Å². The first-order valence-electron chi connectivity index (χ1n) is 7.62. The van der Waals surface area contributed by atoms with Gasteiger partial charge in [0.25, 0.3) is 0 Å². The molecule has 0 saturated heterocycles. The lowest BCUT2D eigenvalue weighted by Crippen LogP contribution is -2.02. The lowest BCUT2D eigenvalue weighted by molar-refractivity contribution is 0.810. The minimum Gasteiger partial charge on any atom is -0.382 e. The topological polar surface area (TPSA) is 69.6 Å². The van der Waals surface area contributed by atoms with Crippen molar-refractivity contribution in [3.05, 3.63) is 64.5 Å². The fraction of sp³-hybridized carbons (Fsp3) is 0.0556. The van der Waals surface area contributed by atoms with E-state index in [1.807, 2.05) is 60.8 Å². The van der Waals surface area contributed by atoms with Crippen LogP contribution in [0.2, 0.25) is 5.02 Å².